The van der Waals surface area contributed by atoms with Gasteiger partial charge in [-0.2, -0.15) is 5.06 Å². The summed E-state index contributed by atoms with van der Waals surface area (Å²) in [5, 5.41) is 0.801. The Labute approximate surface area is 192 Å². The molecule has 33 heavy (non-hydrogen) atoms. The van der Waals surface area contributed by atoms with Crippen molar-refractivity contribution in [3.63, 3.8) is 0 Å². The molecule has 5 rings (SSSR count). The first-order valence-electron chi connectivity index (χ1n) is 10.6. The molecule has 0 amide bonds. The van der Waals surface area contributed by atoms with Gasteiger partial charge in [0.1, 0.15) is 16.7 Å². The number of nitrogens with zero attached hydrogens (tertiary/aromatic N) is 1. The highest BCUT2D eigenvalue weighted by Gasteiger charge is 2.43. The Balaban J connectivity index is 1.33. The Morgan fingerprint density at radius 2 is 1.76 bits per heavy atom. The van der Waals surface area contributed by atoms with Crippen LogP contribution in [0, 0.1) is 0 Å². The second-order valence-electron chi connectivity index (χ2n) is 7.87. The lowest BCUT2D eigenvalue weighted by Crippen LogP contribution is -2.39. The van der Waals surface area contributed by atoms with Crippen LogP contribution < -0.4 is 18.9 Å². The van der Waals surface area contributed by atoms with E-state index in [4.69, 9.17) is 19.0 Å². The lowest BCUT2D eigenvalue weighted by Gasteiger charge is -2.23. The average molecular weight is 469 g/mol. The highest BCUT2D eigenvalue weighted by atomic mass is 32.2. The predicted octanol–water partition coefficient (Wildman–Crippen LogP) is 3.61. The molecule has 8 nitrogen and oxygen atoms in total. The number of ether oxygens (including phenoxy) is 3. The van der Waals surface area contributed by atoms with E-state index in [-0.39, 0.29) is 19.9 Å². The molecular weight excluding hydrogens is 444 g/mol. The number of hydrogen-bond acceptors (Lipinski definition) is 7. The van der Waals surface area contributed by atoms with Crippen LogP contribution in [0.3, 0.4) is 0 Å². The third kappa shape index (κ3) is 4.67. The summed E-state index contributed by atoms with van der Waals surface area (Å²) in [6, 6.07) is 21.7. The molecular formula is C24H24N2O6S. The SMILES string of the molecule is CN1OCC(S(=O)(=O)NCc2ccc3c(c2)OCO3)C1c1cccc(Oc2ccccc2)c1. The van der Waals surface area contributed by atoms with Crippen molar-refractivity contribution in [3.05, 3.63) is 83.9 Å². The topological polar surface area (TPSA) is 86.3 Å². The molecule has 3 aromatic carbocycles. The zero-order valence-electron chi connectivity index (χ0n) is 18.0. The van der Waals surface area contributed by atoms with Gasteiger partial charge in [-0.1, -0.05) is 36.4 Å². The molecule has 2 unspecified atom stereocenters. The van der Waals surface area contributed by atoms with Crippen molar-refractivity contribution in [1.82, 2.24) is 9.79 Å². The summed E-state index contributed by atoms with van der Waals surface area (Å²) >= 11 is 0. The van der Waals surface area contributed by atoms with Gasteiger partial charge in [-0.3, -0.25) is 4.84 Å². The predicted molar refractivity (Wildman–Crippen MR) is 122 cm³/mol. The molecule has 1 saturated heterocycles. The molecule has 0 saturated carbocycles. The van der Waals surface area contributed by atoms with Crippen molar-refractivity contribution >= 4 is 10.0 Å². The number of rotatable bonds is 7. The van der Waals surface area contributed by atoms with Gasteiger partial charge < -0.3 is 14.2 Å². The highest BCUT2D eigenvalue weighted by Crippen LogP contribution is 2.36. The molecule has 172 valence electrons. The minimum Gasteiger partial charge on any atom is -0.457 e. The van der Waals surface area contributed by atoms with Gasteiger partial charge in [0.05, 0.1) is 12.6 Å². The highest BCUT2D eigenvalue weighted by molar-refractivity contribution is 7.90. The van der Waals surface area contributed by atoms with Crippen LogP contribution in [0.4, 0.5) is 0 Å². The maximum absolute atomic E-state index is 13.2. The summed E-state index contributed by atoms with van der Waals surface area (Å²) in [7, 11) is -1.96. The van der Waals surface area contributed by atoms with Crippen molar-refractivity contribution in [1.29, 1.82) is 0 Å². The number of nitrogens with one attached hydrogen (secondary N) is 1. The third-order valence-electron chi connectivity index (χ3n) is 5.68. The summed E-state index contributed by atoms with van der Waals surface area (Å²) in [6.07, 6.45) is 0. The van der Waals surface area contributed by atoms with E-state index >= 15 is 0 Å². The van der Waals surface area contributed by atoms with E-state index in [0.29, 0.717) is 23.0 Å². The van der Waals surface area contributed by atoms with E-state index in [1.807, 2.05) is 60.7 Å². The molecule has 2 heterocycles. The second kappa shape index (κ2) is 9.03. The summed E-state index contributed by atoms with van der Waals surface area (Å²) < 4.78 is 45.8. The normalized spacial score (nSPS) is 20.2. The number of benzene rings is 3. The maximum Gasteiger partial charge on any atom is 0.231 e. The van der Waals surface area contributed by atoms with Gasteiger partial charge in [-0.25, -0.2) is 13.1 Å². The maximum atomic E-state index is 13.2. The summed E-state index contributed by atoms with van der Waals surface area (Å²) in [5.41, 5.74) is 1.58. The molecule has 2 aliphatic heterocycles. The molecule has 0 aromatic heterocycles. The van der Waals surface area contributed by atoms with Crippen LogP contribution in [-0.4, -0.2) is 39.2 Å². The first kappa shape index (κ1) is 21.7. The minimum absolute atomic E-state index is 0.0570. The Morgan fingerprint density at radius 1 is 0.970 bits per heavy atom. The van der Waals surface area contributed by atoms with Crippen LogP contribution in [-0.2, 0) is 21.4 Å². The molecule has 1 fully saturated rings. The molecule has 0 radical (unpaired) electrons. The lowest BCUT2D eigenvalue weighted by molar-refractivity contribution is -0.110. The van der Waals surface area contributed by atoms with E-state index in [0.717, 1.165) is 11.1 Å². The number of hydroxylamine groups is 2. The Morgan fingerprint density at radius 3 is 2.61 bits per heavy atom. The van der Waals surface area contributed by atoms with Gasteiger partial charge in [0.25, 0.3) is 0 Å². The summed E-state index contributed by atoms with van der Waals surface area (Å²) in [6.45, 7) is 0.371. The van der Waals surface area contributed by atoms with Gasteiger partial charge in [0.15, 0.2) is 11.5 Å². The van der Waals surface area contributed by atoms with Gasteiger partial charge >= 0.3 is 0 Å². The van der Waals surface area contributed by atoms with Crippen LogP contribution in [0.15, 0.2) is 72.8 Å². The number of hydrogen-bond donors (Lipinski definition) is 1. The van der Waals surface area contributed by atoms with Gasteiger partial charge in [-0.05, 0) is 47.5 Å². The van der Waals surface area contributed by atoms with Gasteiger partial charge in [-0.15, -0.1) is 0 Å². The van der Waals surface area contributed by atoms with Crippen molar-refractivity contribution < 1.29 is 27.5 Å². The van der Waals surface area contributed by atoms with Crippen LogP contribution in [0.25, 0.3) is 0 Å². The zero-order valence-corrected chi connectivity index (χ0v) is 18.8. The number of sulfonamides is 1. The minimum atomic E-state index is -3.70. The fourth-order valence-corrected chi connectivity index (χ4v) is 5.50. The van der Waals surface area contributed by atoms with Crippen LogP contribution in [0.2, 0.25) is 0 Å². The molecule has 1 N–H and O–H groups in total. The monoisotopic (exact) mass is 468 g/mol. The Bertz CT molecular complexity index is 1230. The molecule has 2 aliphatic rings. The Kier molecular flexibility index (Phi) is 5.94. The second-order valence-corrected chi connectivity index (χ2v) is 9.85. The summed E-state index contributed by atoms with van der Waals surface area (Å²) in [4.78, 5) is 5.63. The largest absolute Gasteiger partial charge is 0.457 e. The van der Waals surface area contributed by atoms with Crippen molar-refractivity contribution in [3.8, 4) is 23.0 Å². The standard InChI is InChI=1S/C24H24N2O6S/c1-26-24(18-6-5-9-20(13-18)32-19-7-3-2-4-8-19)23(15-31-26)33(27,28)25-14-17-10-11-21-22(12-17)30-16-29-21/h2-13,23-25H,14-16H2,1H3. The van der Waals surface area contributed by atoms with Crippen molar-refractivity contribution in [2.24, 2.45) is 0 Å². The number of para-hydroxylation sites is 1. The molecule has 9 heteroatoms. The van der Waals surface area contributed by atoms with E-state index in [2.05, 4.69) is 4.72 Å². The fourth-order valence-electron chi connectivity index (χ4n) is 4.01. The zero-order chi connectivity index (χ0) is 22.8. The first-order valence-corrected chi connectivity index (χ1v) is 12.1. The van der Waals surface area contributed by atoms with E-state index in [1.165, 1.54) is 0 Å². The first-order chi connectivity index (χ1) is 16.0. The van der Waals surface area contributed by atoms with Crippen LogP contribution >= 0.6 is 0 Å². The smallest absolute Gasteiger partial charge is 0.231 e. The average Bonchev–Trinajstić information content (AvgIpc) is 3.45. The molecule has 2 atom stereocenters. The van der Waals surface area contributed by atoms with Crippen LogP contribution in [0.1, 0.15) is 17.2 Å². The fraction of sp³-hybridized carbons (Fsp3) is 0.250. The van der Waals surface area contributed by atoms with Crippen molar-refractivity contribution in [2.45, 2.75) is 17.8 Å². The van der Waals surface area contributed by atoms with E-state index < -0.39 is 21.3 Å². The quantitative estimate of drug-likeness (QED) is 0.567. The summed E-state index contributed by atoms with van der Waals surface area (Å²) in [5.74, 6) is 2.61. The van der Waals surface area contributed by atoms with Gasteiger partial charge in [0.2, 0.25) is 16.8 Å². The van der Waals surface area contributed by atoms with Gasteiger partial charge in [0, 0.05) is 13.6 Å². The molecule has 0 bridgehead atoms. The van der Waals surface area contributed by atoms with Crippen LogP contribution in [0.5, 0.6) is 23.0 Å². The third-order valence-corrected chi connectivity index (χ3v) is 7.42. The van der Waals surface area contributed by atoms with E-state index in [9.17, 15) is 8.42 Å². The molecule has 0 aliphatic carbocycles. The van der Waals surface area contributed by atoms with Crippen molar-refractivity contribution in [2.75, 3.05) is 20.4 Å². The molecule has 0 spiro atoms. The van der Waals surface area contributed by atoms with E-state index in [1.54, 1.807) is 24.2 Å². The lowest BCUT2D eigenvalue weighted by atomic mass is 10.0. The molecule has 3 aromatic rings. The number of fused-ring (bicyclic) bond motifs is 1. The Hall–Kier alpha value is -3.11.